The Morgan fingerprint density at radius 2 is 2.08 bits per heavy atom. The smallest absolute Gasteiger partial charge is 0.319 e. The van der Waals surface area contributed by atoms with Crippen molar-refractivity contribution in [3.05, 3.63) is 30.6 Å². The summed E-state index contributed by atoms with van der Waals surface area (Å²) in [6.45, 7) is 2.79. The maximum Gasteiger partial charge on any atom is 0.319 e. The second-order valence-corrected chi connectivity index (χ2v) is 7.19. The fraction of sp³-hybridized carbons (Fsp3) is 0.500. The number of benzene rings is 1. The molecule has 2 amide bonds. The van der Waals surface area contributed by atoms with Gasteiger partial charge in [-0.2, -0.15) is 5.10 Å². The summed E-state index contributed by atoms with van der Waals surface area (Å²) in [5, 5.41) is 10.3. The Balaban J connectivity index is 1.39. The van der Waals surface area contributed by atoms with E-state index in [9.17, 15) is 4.79 Å². The van der Waals surface area contributed by atoms with Gasteiger partial charge >= 0.3 is 6.03 Å². The van der Waals surface area contributed by atoms with Gasteiger partial charge in [0.15, 0.2) is 5.82 Å². The van der Waals surface area contributed by atoms with E-state index in [1.165, 1.54) is 12.8 Å². The molecule has 0 unspecified atom stereocenters. The Morgan fingerprint density at radius 1 is 1.32 bits per heavy atom. The van der Waals surface area contributed by atoms with E-state index in [2.05, 4.69) is 27.6 Å². The number of aryl methyl sites for hydroxylation is 1. The minimum Gasteiger partial charge on any atom is -0.375 e. The number of carbonyl (C=O) groups is 1. The van der Waals surface area contributed by atoms with Gasteiger partial charge in [-0.15, -0.1) is 0 Å². The lowest BCUT2D eigenvalue weighted by Gasteiger charge is -2.31. The first kappa shape index (κ1) is 16.1. The zero-order valence-electron chi connectivity index (χ0n) is 14.5. The van der Waals surface area contributed by atoms with Crippen molar-refractivity contribution >= 4 is 11.7 Å². The van der Waals surface area contributed by atoms with Gasteiger partial charge in [0.05, 0.1) is 11.6 Å². The SMILES string of the molecule is Cn1cnc(-c2ccc(NC(=O)N[C@@]3(C)CCO[C@H]3C3CC3)cc2)n1. The minimum atomic E-state index is -0.289. The van der Waals surface area contributed by atoms with Crippen molar-refractivity contribution in [1.82, 2.24) is 20.1 Å². The normalized spacial score (nSPS) is 25.8. The van der Waals surface area contributed by atoms with Crippen LogP contribution in [-0.4, -0.2) is 39.0 Å². The van der Waals surface area contributed by atoms with Crippen molar-refractivity contribution in [2.45, 2.75) is 37.8 Å². The van der Waals surface area contributed by atoms with Gasteiger partial charge < -0.3 is 15.4 Å². The highest BCUT2D eigenvalue weighted by molar-refractivity contribution is 5.90. The van der Waals surface area contributed by atoms with Crippen LogP contribution in [0.4, 0.5) is 10.5 Å². The summed E-state index contributed by atoms with van der Waals surface area (Å²) in [6, 6.07) is 7.33. The van der Waals surface area contributed by atoms with Crippen LogP contribution in [0, 0.1) is 5.92 Å². The molecule has 2 atom stereocenters. The van der Waals surface area contributed by atoms with Gasteiger partial charge in [0.2, 0.25) is 0 Å². The summed E-state index contributed by atoms with van der Waals surface area (Å²) in [5.41, 5.74) is 1.36. The molecule has 2 N–H and O–H groups in total. The first-order chi connectivity index (χ1) is 12.0. The molecule has 4 rings (SSSR count). The second-order valence-electron chi connectivity index (χ2n) is 7.19. The molecule has 7 heteroatoms. The Labute approximate surface area is 146 Å². The van der Waals surface area contributed by atoms with Crippen LogP contribution in [0.5, 0.6) is 0 Å². The second kappa shape index (κ2) is 6.15. The summed E-state index contributed by atoms with van der Waals surface area (Å²) in [7, 11) is 1.83. The minimum absolute atomic E-state index is 0.135. The maximum absolute atomic E-state index is 12.4. The molecule has 1 aromatic carbocycles. The molecule has 0 bridgehead atoms. The number of nitrogens with zero attached hydrogens (tertiary/aromatic N) is 3. The molecule has 1 saturated heterocycles. The zero-order chi connectivity index (χ0) is 17.4. The molecule has 7 nitrogen and oxygen atoms in total. The fourth-order valence-electron chi connectivity index (χ4n) is 3.51. The maximum atomic E-state index is 12.4. The number of carbonyl (C=O) groups excluding carboxylic acids is 1. The number of anilines is 1. The third-order valence-corrected chi connectivity index (χ3v) is 5.00. The van der Waals surface area contributed by atoms with Crippen LogP contribution < -0.4 is 10.6 Å². The third-order valence-electron chi connectivity index (χ3n) is 5.00. The highest BCUT2D eigenvalue weighted by Gasteiger charge is 2.49. The molecule has 1 aromatic heterocycles. The Kier molecular flexibility index (Phi) is 3.95. The zero-order valence-corrected chi connectivity index (χ0v) is 14.5. The number of amides is 2. The lowest BCUT2D eigenvalue weighted by atomic mass is 9.90. The number of urea groups is 1. The van der Waals surface area contributed by atoms with E-state index in [0.717, 1.165) is 17.7 Å². The van der Waals surface area contributed by atoms with Crippen LogP contribution in [0.2, 0.25) is 0 Å². The molecule has 0 spiro atoms. The predicted octanol–water partition coefficient (Wildman–Crippen LogP) is 2.56. The number of nitrogens with one attached hydrogen (secondary N) is 2. The van der Waals surface area contributed by atoms with Crippen molar-refractivity contribution < 1.29 is 9.53 Å². The molecule has 2 aliphatic rings. The quantitative estimate of drug-likeness (QED) is 0.895. The summed E-state index contributed by atoms with van der Waals surface area (Å²) in [4.78, 5) is 16.6. The van der Waals surface area contributed by atoms with Crippen molar-refractivity contribution in [3.63, 3.8) is 0 Å². The van der Waals surface area contributed by atoms with E-state index in [0.29, 0.717) is 18.3 Å². The molecule has 2 heterocycles. The van der Waals surface area contributed by atoms with E-state index >= 15 is 0 Å². The van der Waals surface area contributed by atoms with Gasteiger partial charge in [0.1, 0.15) is 6.33 Å². The predicted molar refractivity (Wildman–Crippen MR) is 94.1 cm³/mol. The Bertz CT molecular complexity index is 768. The highest BCUT2D eigenvalue weighted by Crippen LogP contribution is 2.43. The van der Waals surface area contributed by atoms with Crippen molar-refractivity contribution in [3.8, 4) is 11.4 Å². The topological polar surface area (TPSA) is 81.1 Å². The van der Waals surface area contributed by atoms with Gasteiger partial charge in [-0.25, -0.2) is 9.78 Å². The number of hydrogen-bond acceptors (Lipinski definition) is 4. The molecule has 1 saturated carbocycles. The molecule has 0 radical (unpaired) electrons. The van der Waals surface area contributed by atoms with E-state index < -0.39 is 0 Å². The Morgan fingerprint density at radius 3 is 2.72 bits per heavy atom. The van der Waals surface area contributed by atoms with Crippen molar-refractivity contribution in [1.29, 1.82) is 0 Å². The molecule has 2 fully saturated rings. The number of rotatable bonds is 4. The molecular formula is C18H23N5O2. The van der Waals surface area contributed by atoms with Gasteiger partial charge in [0.25, 0.3) is 0 Å². The van der Waals surface area contributed by atoms with Gasteiger partial charge in [-0.3, -0.25) is 4.68 Å². The molecule has 132 valence electrons. The lowest BCUT2D eigenvalue weighted by Crippen LogP contribution is -2.53. The molecule has 1 aliphatic heterocycles. The summed E-state index contributed by atoms with van der Waals surface area (Å²) in [5.74, 6) is 1.26. The van der Waals surface area contributed by atoms with E-state index in [4.69, 9.17) is 4.74 Å². The van der Waals surface area contributed by atoms with Gasteiger partial charge in [-0.1, -0.05) is 0 Å². The van der Waals surface area contributed by atoms with Crippen LogP contribution in [0.1, 0.15) is 26.2 Å². The number of hydrogen-bond donors (Lipinski definition) is 2. The van der Waals surface area contributed by atoms with Crippen LogP contribution in [-0.2, 0) is 11.8 Å². The molecule has 2 aromatic rings. The van der Waals surface area contributed by atoms with Crippen LogP contribution in [0.25, 0.3) is 11.4 Å². The van der Waals surface area contributed by atoms with Crippen LogP contribution in [0.15, 0.2) is 30.6 Å². The average molecular weight is 341 g/mol. The van der Waals surface area contributed by atoms with Crippen LogP contribution in [0.3, 0.4) is 0 Å². The van der Waals surface area contributed by atoms with Crippen LogP contribution >= 0.6 is 0 Å². The van der Waals surface area contributed by atoms with E-state index in [1.807, 2.05) is 31.3 Å². The Hall–Kier alpha value is -2.41. The van der Waals surface area contributed by atoms with Crippen molar-refractivity contribution in [2.75, 3.05) is 11.9 Å². The summed E-state index contributed by atoms with van der Waals surface area (Å²) in [6.07, 6.45) is 5.05. The molecule has 25 heavy (non-hydrogen) atoms. The molecule has 1 aliphatic carbocycles. The first-order valence-corrected chi connectivity index (χ1v) is 8.70. The largest absolute Gasteiger partial charge is 0.375 e. The monoisotopic (exact) mass is 341 g/mol. The summed E-state index contributed by atoms with van der Waals surface area (Å²) < 4.78 is 7.51. The average Bonchev–Trinajstić information content (AvgIpc) is 3.21. The first-order valence-electron chi connectivity index (χ1n) is 8.70. The molecular weight excluding hydrogens is 318 g/mol. The standard InChI is InChI=1S/C18H23N5O2/c1-18(9-10-25-15(18)12-3-4-12)21-17(24)20-14-7-5-13(6-8-14)16-19-11-23(2)22-16/h5-8,11-12,15H,3-4,9-10H2,1-2H3,(H2,20,21,24)/t15-,18-/m0/s1. The highest BCUT2D eigenvalue weighted by atomic mass is 16.5. The van der Waals surface area contributed by atoms with Gasteiger partial charge in [-0.05, 0) is 56.4 Å². The van der Waals surface area contributed by atoms with Gasteiger partial charge in [0, 0.05) is 24.9 Å². The lowest BCUT2D eigenvalue weighted by molar-refractivity contribution is 0.0597. The fourth-order valence-corrected chi connectivity index (χ4v) is 3.51. The number of ether oxygens (including phenoxy) is 1. The third kappa shape index (κ3) is 3.37. The summed E-state index contributed by atoms with van der Waals surface area (Å²) >= 11 is 0. The van der Waals surface area contributed by atoms with Crippen molar-refractivity contribution in [2.24, 2.45) is 13.0 Å². The van der Waals surface area contributed by atoms with E-state index in [-0.39, 0.29) is 17.7 Å². The van der Waals surface area contributed by atoms with E-state index in [1.54, 1.807) is 11.0 Å². The number of aromatic nitrogens is 3.